The lowest BCUT2D eigenvalue weighted by atomic mass is 10.0. The van der Waals surface area contributed by atoms with Gasteiger partial charge < -0.3 is 25.8 Å². The van der Waals surface area contributed by atoms with Crippen molar-refractivity contribution in [1.82, 2.24) is 30.2 Å². The van der Waals surface area contributed by atoms with E-state index in [0.29, 0.717) is 24.6 Å². The van der Waals surface area contributed by atoms with Crippen LogP contribution < -0.4 is 20.7 Å². The van der Waals surface area contributed by atoms with E-state index in [1.165, 1.54) is 6.92 Å². The van der Waals surface area contributed by atoms with Gasteiger partial charge in [-0.1, -0.05) is 13.8 Å². The summed E-state index contributed by atoms with van der Waals surface area (Å²) in [6.07, 6.45) is 0.353. The van der Waals surface area contributed by atoms with Crippen LogP contribution in [0.25, 0.3) is 16.7 Å². The number of ether oxygens (including phenoxy) is 1. The molecule has 0 bridgehead atoms. The van der Waals surface area contributed by atoms with Crippen molar-refractivity contribution in [3.63, 3.8) is 0 Å². The van der Waals surface area contributed by atoms with E-state index in [1.54, 1.807) is 7.11 Å². The highest BCUT2D eigenvalue weighted by Gasteiger charge is 2.25. The molecule has 1 aromatic carbocycles. The Morgan fingerprint density at radius 2 is 1.85 bits per heavy atom. The number of methoxy groups -OCH3 is 1. The summed E-state index contributed by atoms with van der Waals surface area (Å²) >= 11 is 0. The van der Waals surface area contributed by atoms with Crippen LogP contribution in [0.15, 0.2) is 18.2 Å². The van der Waals surface area contributed by atoms with Gasteiger partial charge in [0.05, 0.1) is 18.1 Å². The summed E-state index contributed by atoms with van der Waals surface area (Å²) < 4.78 is 7.28. The number of nitrogens with one attached hydrogen (secondary N) is 3. The number of amides is 2. The monoisotopic (exact) mass is 471 g/mol. The molecule has 0 radical (unpaired) electrons. The number of fused-ring (bicyclic) bond motifs is 3. The lowest BCUT2D eigenvalue weighted by Crippen LogP contribution is -2.52. The van der Waals surface area contributed by atoms with Crippen LogP contribution in [0.5, 0.6) is 5.75 Å². The van der Waals surface area contributed by atoms with Crippen molar-refractivity contribution in [1.29, 1.82) is 0 Å². The molecule has 2 aromatic heterocycles. The summed E-state index contributed by atoms with van der Waals surface area (Å²) in [4.78, 5) is 28.9. The first-order valence-electron chi connectivity index (χ1n) is 11.4. The zero-order chi connectivity index (χ0) is 24.8. The first-order chi connectivity index (χ1) is 16.2. The Kier molecular flexibility index (Phi) is 8.21. The number of carbonyl (C=O) groups is 2. The molecule has 11 nitrogen and oxygen atoms in total. The molecule has 0 aliphatic heterocycles. The number of aliphatic hydroxyl groups excluding tert-OH is 1. The first-order valence-corrected chi connectivity index (χ1v) is 11.4. The fourth-order valence-corrected chi connectivity index (χ4v) is 3.59. The highest BCUT2D eigenvalue weighted by molar-refractivity contribution is 5.89. The van der Waals surface area contributed by atoms with Gasteiger partial charge in [-0.05, 0) is 44.7 Å². The van der Waals surface area contributed by atoms with E-state index in [2.05, 4.69) is 26.1 Å². The molecule has 11 heteroatoms. The van der Waals surface area contributed by atoms with Gasteiger partial charge in [-0.25, -0.2) is 4.98 Å². The van der Waals surface area contributed by atoms with Crippen molar-refractivity contribution in [2.24, 2.45) is 5.92 Å². The Morgan fingerprint density at radius 3 is 2.53 bits per heavy atom. The molecule has 34 heavy (non-hydrogen) atoms. The lowest BCUT2D eigenvalue weighted by molar-refractivity contribution is -0.134. The van der Waals surface area contributed by atoms with Gasteiger partial charge in [0.15, 0.2) is 5.82 Å². The number of hydrogen-bond donors (Lipinski definition) is 4. The Labute approximate surface area is 198 Å². The van der Waals surface area contributed by atoms with Crippen LogP contribution in [0.2, 0.25) is 0 Å². The Morgan fingerprint density at radius 1 is 1.12 bits per heavy atom. The molecule has 2 amide bonds. The minimum absolute atomic E-state index is 0.101. The number of aromatic nitrogens is 4. The Bertz CT molecular complexity index is 1160. The molecule has 184 valence electrons. The van der Waals surface area contributed by atoms with Crippen LogP contribution in [-0.4, -0.2) is 68.8 Å². The molecule has 0 spiro atoms. The van der Waals surface area contributed by atoms with E-state index in [9.17, 15) is 14.7 Å². The summed E-state index contributed by atoms with van der Waals surface area (Å²) in [5, 5.41) is 26.6. The number of benzene rings is 1. The predicted octanol–water partition coefficient (Wildman–Crippen LogP) is 1.42. The average Bonchev–Trinajstić information content (AvgIpc) is 3.20. The summed E-state index contributed by atoms with van der Waals surface area (Å²) in [5.74, 6) is 1.19. The summed E-state index contributed by atoms with van der Waals surface area (Å²) in [6, 6.07) is 4.99. The molecular formula is C23H33N7O4. The third kappa shape index (κ3) is 5.71. The van der Waals surface area contributed by atoms with Crippen molar-refractivity contribution in [2.45, 2.75) is 52.7 Å². The largest absolute Gasteiger partial charge is 0.497 e. The first kappa shape index (κ1) is 25.2. The van der Waals surface area contributed by atoms with Crippen LogP contribution in [-0.2, 0) is 9.59 Å². The zero-order valence-electron chi connectivity index (χ0n) is 20.3. The van der Waals surface area contributed by atoms with Crippen molar-refractivity contribution >= 4 is 34.3 Å². The average molecular weight is 472 g/mol. The highest BCUT2D eigenvalue weighted by atomic mass is 16.5. The summed E-state index contributed by atoms with van der Waals surface area (Å²) in [5.41, 5.74) is 2.31. The van der Waals surface area contributed by atoms with Crippen LogP contribution in [0.1, 0.15) is 39.4 Å². The van der Waals surface area contributed by atoms with E-state index in [4.69, 9.17) is 9.72 Å². The van der Waals surface area contributed by atoms with Gasteiger partial charge in [-0.3, -0.25) is 14.0 Å². The van der Waals surface area contributed by atoms with Gasteiger partial charge in [0.1, 0.15) is 23.7 Å². The standard InChI is InChI=1S/C23H33N7O4/c1-13(2)19(27-22(32)14(3)31)23(33)25-11-7-6-10-24-20-21-29-28-15(4)30(21)18-9-8-16(34-5)12-17(18)26-20/h8-9,12-14,19,31H,6-7,10-11H2,1-5H3,(H,24,26)(H,25,33)(H,27,32)/t14-,19-/m0/s1. The Hall–Kier alpha value is -3.47. The van der Waals surface area contributed by atoms with Gasteiger partial charge in [-0.15, -0.1) is 10.2 Å². The normalized spacial score (nSPS) is 13.1. The van der Waals surface area contributed by atoms with E-state index in [-0.39, 0.29) is 11.8 Å². The lowest BCUT2D eigenvalue weighted by Gasteiger charge is -2.22. The van der Waals surface area contributed by atoms with Crippen LogP contribution in [0, 0.1) is 12.8 Å². The molecule has 2 heterocycles. The zero-order valence-corrected chi connectivity index (χ0v) is 20.3. The molecule has 3 rings (SSSR count). The second kappa shape index (κ2) is 11.1. The fraction of sp³-hybridized carbons (Fsp3) is 0.522. The molecule has 0 fully saturated rings. The van der Waals surface area contributed by atoms with Crippen molar-refractivity contribution in [2.75, 3.05) is 25.5 Å². The van der Waals surface area contributed by atoms with E-state index in [0.717, 1.165) is 35.4 Å². The van der Waals surface area contributed by atoms with Gasteiger partial charge in [0.2, 0.25) is 17.5 Å². The number of rotatable bonds is 11. The van der Waals surface area contributed by atoms with Gasteiger partial charge in [-0.2, -0.15) is 0 Å². The summed E-state index contributed by atoms with van der Waals surface area (Å²) in [7, 11) is 1.62. The number of carbonyl (C=O) groups excluding carboxylic acids is 2. The van der Waals surface area contributed by atoms with Crippen molar-refractivity contribution < 1.29 is 19.4 Å². The minimum atomic E-state index is -1.16. The molecule has 2 atom stereocenters. The molecular weight excluding hydrogens is 438 g/mol. The van der Waals surface area contributed by atoms with Gasteiger partial charge >= 0.3 is 0 Å². The molecule has 3 aromatic rings. The topological polar surface area (TPSA) is 143 Å². The maximum atomic E-state index is 12.5. The molecule has 0 saturated carbocycles. The SMILES string of the molecule is COc1ccc2c(c1)nc(NCCCCNC(=O)[C@@H](NC(=O)[C@H](C)O)C(C)C)c1nnc(C)n12. The molecule has 0 aliphatic carbocycles. The summed E-state index contributed by atoms with van der Waals surface area (Å²) in [6.45, 7) is 8.05. The maximum Gasteiger partial charge on any atom is 0.249 e. The number of hydrogen-bond acceptors (Lipinski definition) is 8. The highest BCUT2D eigenvalue weighted by Crippen LogP contribution is 2.25. The number of unbranched alkanes of at least 4 members (excludes halogenated alkanes) is 1. The second-order valence-electron chi connectivity index (χ2n) is 8.55. The fourth-order valence-electron chi connectivity index (χ4n) is 3.59. The molecule has 0 unspecified atom stereocenters. The van der Waals surface area contributed by atoms with E-state index >= 15 is 0 Å². The predicted molar refractivity (Wildman–Crippen MR) is 129 cm³/mol. The van der Waals surface area contributed by atoms with Crippen LogP contribution in [0.4, 0.5) is 5.82 Å². The van der Waals surface area contributed by atoms with Crippen LogP contribution >= 0.6 is 0 Å². The second-order valence-corrected chi connectivity index (χ2v) is 8.55. The number of anilines is 1. The molecule has 0 saturated heterocycles. The van der Waals surface area contributed by atoms with Gasteiger partial charge in [0.25, 0.3) is 0 Å². The quantitative estimate of drug-likeness (QED) is 0.308. The van der Waals surface area contributed by atoms with Crippen molar-refractivity contribution in [3.05, 3.63) is 24.0 Å². The minimum Gasteiger partial charge on any atom is -0.497 e. The number of aryl methyl sites for hydroxylation is 1. The molecule has 0 aliphatic rings. The third-order valence-corrected chi connectivity index (χ3v) is 5.51. The maximum absolute atomic E-state index is 12.5. The van der Waals surface area contributed by atoms with Gasteiger partial charge in [0, 0.05) is 19.2 Å². The Balaban J connectivity index is 1.56. The third-order valence-electron chi connectivity index (χ3n) is 5.51. The van der Waals surface area contributed by atoms with E-state index < -0.39 is 18.1 Å². The van der Waals surface area contributed by atoms with E-state index in [1.807, 2.05) is 43.4 Å². The van der Waals surface area contributed by atoms with Crippen molar-refractivity contribution in [3.8, 4) is 5.75 Å². The molecule has 4 N–H and O–H groups in total. The van der Waals surface area contributed by atoms with Crippen LogP contribution in [0.3, 0.4) is 0 Å². The smallest absolute Gasteiger partial charge is 0.249 e. The number of nitrogens with zero attached hydrogens (tertiary/aromatic N) is 4. The number of aliphatic hydroxyl groups is 1.